The Morgan fingerprint density at radius 2 is 1.61 bits per heavy atom. The molecule has 2 aromatic carbocycles. The molecule has 14 heteroatoms. The number of carbonyl (C=O) groups excluding carboxylic acids is 2. The molecule has 0 fully saturated rings. The van der Waals surface area contributed by atoms with E-state index in [0.717, 1.165) is 10.7 Å². The molecule has 0 aliphatic heterocycles. The van der Waals surface area contributed by atoms with Crippen LogP contribution < -0.4 is 9.46 Å². The van der Waals surface area contributed by atoms with Gasteiger partial charge in [-0.1, -0.05) is 0 Å². The second-order valence-corrected chi connectivity index (χ2v) is 10.9. The molecular formula is C17H11F3I3NO6S. The molecule has 0 heterocycles. The van der Waals surface area contributed by atoms with Crippen LogP contribution in [-0.2, 0) is 14.8 Å². The normalized spacial score (nSPS) is 11.8. The van der Waals surface area contributed by atoms with Crippen LogP contribution in [0.3, 0.4) is 0 Å². The second-order valence-electron chi connectivity index (χ2n) is 5.64. The summed E-state index contributed by atoms with van der Waals surface area (Å²) in [6.07, 6.45) is 0. The minimum atomic E-state index is -5.50. The summed E-state index contributed by atoms with van der Waals surface area (Å²) in [5, 5.41) is 0. The highest BCUT2D eigenvalue weighted by Crippen LogP contribution is 2.25. The molecule has 0 amide bonds. The predicted octanol–water partition coefficient (Wildman–Crippen LogP) is 4.32. The van der Waals surface area contributed by atoms with Crippen molar-refractivity contribution in [2.75, 3.05) is 13.2 Å². The Morgan fingerprint density at radius 1 is 1.00 bits per heavy atom. The van der Waals surface area contributed by atoms with Crippen molar-refractivity contribution in [3.63, 3.8) is 0 Å². The first kappa shape index (κ1) is 26.5. The fraction of sp³-hybridized carbons (Fsp3) is 0.176. The van der Waals surface area contributed by atoms with E-state index < -0.39 is 40.6 Å². The maximum absolute atomic E-state index is 12.4. The standard InChI is InChI=1S/C17H11F3I3NO6S/c18-17(19,20)31(27,28)24-5-6-29-15(25)9-1-3-11(4-2-9)30-16(26)12-7-10(21)8-13(22)14(12)23/h1-4,7-8,24H,5-6H2. The van der Waals surface area contributed by atoms with Gasteiger partial charge >= 0.3 is 27.5 Å². The number of hydrogen-bond donors (Lipinski definition) is 1. The average Bonchev–Trinajstić information content (AvgIpc) is 2.67. The fourth-order valence-corrected chi connectivity index (χ4v) is 4.90. The first-order chi connectivity index (χ1) is 14.3. The van der Waals surface area contributed by atoms with E-state index in [1.54, 1.807) is 6.07 Å². The average molecular weight is 795 g/mol. The van der Waals surface area contributed by atoms with Gasteiger partial charge in [-0.15, -0.1) is 0 Å². The molecule has 1 N–H and O–H groups in total. The zero-order valence-corrected chi connectivity index (χ0v) is 22.3. The smallest absolute Gasteiger partial charge is 0.461 e. The summed E-state index contributed by atoms with van der Waals surface area (Å²) in [5.74, 6) is -1.29. The Bertz CT molecular complexity index is 1090. The van der Waals surface area contributed by atoms with Crippen LogP contribution in [0.4, 0.5) is 13.2 Å². The minimum Gasteiger partial charge on any atom is -0.461 e. The summed E-state index contributed by atoms with van der Waals surface area (Å²) in [6.45, 7) is -1.34. The van der Waals surface area contributed by atoms with Crippen molar-refractivity contribution < 1.29 is 40.7 Å². The van der Waals surface area contributed by atoms with Gasteiger partial charge in [-0.25, -0.2) is 22.7 Å². The molecule has 0 aliphatic rings. The van der Waals surface area contributed by atoms with E-state index in [9.17, 15) is 31.2 Å². The van der Waals surface area contributed by atoms with Crippen LogP contribution in [0.25, 0.3) is 0 Å². The van der Waals surface area contributed by atoms with E-state index in [-0.39, 0.29) is 11.3 Å². The second kappa shape index (κ2) is 10.9. The molecule has 0 bridgehead atoms. The van der Waals surface area contributed by atoms with Crippen molar-refractivity contribution in [1.82, 2.24) is 4.72 Å². The van der Waals surface area contributed by atoms with E-state index in [0.29, 0.717) is 5.56 Å². The summed E-state index contributed by atoms with van der Waals surface area (Å²) in [4.78, 5) is 24.3. The third-order valence-electron chi connectivity index (χ3n) is 3.45. The first-order valence-corrected chi connectivity index (χ1v) is 12.7. The van der Waals surface area contributed by atoms with E-state index in [4.69, 9.17) is 9.47 Å². The van der Waals surface area contributed by atoms with Crippen molar-refractivity contribution >= 4 is 89.7 Å². The molecule has 0 saturated heterocycles. The molecule has 0 unspecified atom stereocenters. The lowest BCUT2D eigenvalue weighted by molar-refractivity contribution is -0.0448. The Hall–Kier alpha value is -0.730. The quantitative estimate of drug-likeness (QED) is 0.148. The highest BCUT2D eigenvalue weighted by Gasteiger charge is 2.45. The maximum Gasteiger partial charge on any atom is 0.511 e. The highest BCUT2D eigenvalue weighted by molar-refractivity contribution is 14.1. The summed E-state index contributed by atoms with van der Waals surface area (Å²) in [5.41, 5.74) is -5.02. The van der Waals surface area contributed by atoms with Gasteiger partial charge in [0, 0.05) is 17.3 Å². The lowest BCUT2D eigenvalue weighted by Crippen LogP contribution is -2.38. The molecule has 168 valence electrons. The van der Waals surface area contributed by atoms with Gasteiger partial charge in [0.2, 0.25) is 0 Å². The van der Waals surface area contributed by atoms with E-state index in [1.165, 1.54) is 29.0 Å². The SMILES string of the molecule is O=C(OCCNS(=O)(=O)C(F)(F)F)c1ccc(OC(=O)c2cc(I)cc(I)c2I)cc1. The van der Waals surface area contributed by atoms with Gasteiger partial charge in [-0.05, 0) is 104 Å². The zero-order valence-electron chi connectivity index (χ0n) is 15.0. The van der Waals surface area contributed by atoms with Crippen molar-refractivity contribution in [2.24, 2.45) is 0 Å². The lowest BCUT2D eigenvalue weighted by atomic mass is 10.2. The number of halogens is 6. The molecule has 0 spiro atoms. The molecule has 31 heavy (non-hydrogen) atoms. The van der Waals surface area contributed by atoms with Gasteiger partial charge in [0.15, 0.2) is 0 Å². The summed E-state index contributed by atoms with van der Waals surface area (Å²) >= 11 is 6.23. The highest BCUT2D eigenvalue weighted by atomic mass is 127. The monoisotopic (exact) mass is 795 g/mol. The number of hydrogen-bond acceptors (Lipinski definition) is 6. The number of sulfonamides is 1. The van der Waals surface area contributed by atoms with E-state index in [1.807, 2.05) is 28.7 Å². The van der Waals surface area contributed by atoms with Gasteiger partial charge in [0.25, 0.3) is 0 Å². The number of ether oxygens (including phenoxy) is 2. The Balaban J connectivity index is 1.93. The minimum absolute atomic E-state index is 0.0388. The summed E-state index contributed by atoms with van der Waals surface area (Å²) in [7, 11) is -5.50. The Labute approximate surface area is 215 Å². The number of benzene rings is 2. The number of rotatable bonds is 7. The molecule has 2 aromatic rings. The largest absolute Gasteiger partial charge is 0.511 e. The third kappa shape index (κ3) is 7.39. The molecule has 7 nitrogen and oxygen atoms in total. The molecule has 0 radical (unpaired) electrons. The first-order valence-electron chi connectivity index (χ1n) is 8.01. The number of carbonyl (C=O) groups is 2. The number of esters is 2. The number of nitrogens with one attached hydrogen (secondary N) is 1. The Morgan fingerprint density at radius 3 is 2.19 bits per heavy atom. The van der Waals surface area contributed by atoms with Crippen LogP contribution in [0.2, 0.25) is 0 Å². The maximum atomic E-state index is 12.4. The van der Waals surface area contributed by atoms with Crippen molar-refractivity contribution in [2.45, 2.75) is 5.51 Å². The fourth-order valence-electron chi connectivity index (χ4n) is 2.01. The van der Waals surface area contributed by atoms with E-state index in [2.05, 4.69) is 45.2 Å². The number of alkyl halides is 3. The van der Waals surface area contributed by atoms with Crippen LogP contribution in [0, 0.1) is 10.7 Å². The van der Waals surface area contributed by atoms with Crippen LogP contribution in [0.5, 0.6) is 5.75 Å². The van der Waals surface area contributed by atoms with Crippen molar-refractivity contribution in [3.05, 3.63) is 58.2 Å². The molecule has 0 aromatic heterocycles. The predicted molar refractivity (Wildman–Crippen MR) is 129 cm³/mol. The van der Waals surface area contributed by atoms with Gasteiger partial charge in [0.1, 0.15) is 12.4 Å². The molecule has 0 aliphatic carbocycles. The van der Waals surface area contributed by atoms with Crippen LogP contribution in [0.15, 0.2) is 36.4 Å². The summed E-state index contributed by atoms with van der Waals surface area (Å²) < 4.78 is 72.0. The van der Waals surface area contributed by atoms with Crippen LogP contribution in [-0.4, -0.2) is 39.0 Å². The van der Waals surface area contributed by atoms with Gasteiger partial charge in [0.05, 0.1) is 11.1 Å². The molecule has 0 atom stereocenters. The topological polar surface area (TPSA) is 98.8 Å². The zero-order chi connectivity index (χ0) is 23.4. The van der Waals surface area contributed by atoms with Gasteiger partial charge in [-0.3, -0.25) is 0 Å². The van der Waals surface area contributed by atoms with Crippen molar-refractivity contribution in [3.8, 4) is 5.75 Å². The van der Waals surface area contributed by atoms with Crippen molar-refractivity contribution in [1.29, 1.82) is 0 Å². The van der Waals surface area contributed by atoms with Crippen LogP contribution in [0.1, 0.15) is 20.7 Å². The molecule has 2 rings (SSSR count). The molecular weight excluding hydrogens is 784 g/mol. The van der Waals surface area contributed by atoms with Gasteiger partial charge in [-0.2, -0.15) is 13.2 Å². The Kier molecular flexibility index (Phi) is 9.35. The van der Waals surface area contributed by atoms with Crippen LogP contribution >= 0.6 is 67.8 Å². The molecule has 0 saturated carbocycles. The van der Waals surface area contributed by atoms with E-state index >= 15 is 0 Å². The van der Waals surface area contributed by atoms with Gasteiger partial charge < -0.3 is 9.47 Å². The lowest BCUT2D eigenvalue weighted by Gasteiger charge is -2.10. The third-order valence-corrected chi connectivity index (χ3v) is 8.31. The summed E-state index contributed by atoms with van der Waals surface area (Å²) in [6, 6.07) is 8.90.